The summed E-state index contributed by atoms with van der Waals surface area (Å²) in [5, 5.41) is 11.7. The summed E-state index contributed by atoms with van der Waals surface area (Å²) in [5.41, 5.74) is 3.27. The van der Waals surface area contributed by atoms with Crippen LogP contribution in [-0.2, 0) is 11.2 Å². The standard InChI is InChI=1S/C21H22N4O2/c26-21(19-15-22-24-20-4-2-1-3-18(19)20)23-17-7-5-16(6-8-17)9-10-25-11-13-27-14-12-25/h1-8,15H,9-14H2,(H,23,26). The van der Waals surface area contributed by atoms with Crippen LogP contribution in [0.2, 0.25) is 0 Å². The van der Waals surface area contributed by atoms with E-state index in [2.05, 4.69) is 32.5 Å². The van der Waals surface area contributed by atoms with Crippen molar-refractivity contribution in [2.75, 3.05) is 38.2 Å². The number of hydrogen-bond acceptors (Lipinski definition) is 5. The minimum Gasteiger partial charge on any atom is -0.379 e. The molecule has 0 unspecified atom stereocenters. The summed E-state index contributed by atoms with van der Waals surface area (Å²) in [4.78, 5) is 15.1. The van der Waals surface area contributed by atoms with Gasteiger partial charge in [-0.1, -0.05) is 30.3 Å². The number of carbonyl (C=O) groups excluding carboxylic acids is 1. The molecular formula is C21H22N4O2. The SMILES string of the molecule is O=C(Nc1ccc(CCN2CCOCC2)cc1)c1cnnc2ccccc12. The third-order valence-corrected chi connectivity index (χ3v) is 4.82. The van der Waals surface area contributed by atoms with Crippen molar-refractivity contribution in [3.8, 4) is 0 Å². The van der Waals surface area contributed by atoms with Gasteiger partial charge in [-0.05, 0) is 30.2 Å². The van der Waals surface area contributed by atoms with Crippen LogP contribution in [0, 0.1) is 0 Å². The Morgan fingerprint density at radius 1 is 1.07 bits per heavy atom. The maximum Gasteiger partial charge on any atom is 0.257 e. The minimum atomic E-state index is -0.179. The number of ether oxygens (including phenoxy) is 1. The molecule has 0 aliphatic carbocycles. The van der Waals surface area contributed by atoms with E-state index in [9.17, 15) is 4.79 Å². The number of fused-ring (bicyclic) bond motifs is 1. The molecule has 3 aromatic rings. The van der Waals surface area contributed by atoms with Crippen LogP contribution >= 0.6 is 0 Å². The van der Waals surface area contributed by atoms with Crippen LogP contribution in [0.4, 0.5) is 5.69 Å². The fraction of sp³-hybridized carbons (Fsp3) is 0.286. The molecule has 0 bridgehead atoms. The van der Waals surface area contributed by atoms with Gasteiger partial charge in [-0.2, -0.15) is 10.2 Å². The Hall–Kier alpha value is -2.83. The molecule has 1 aliphatic heterocycles. The van der Waals surface area contributed by atoms with Crippen molar-refractivity contribution in [1.82, 2.24) is 15.1 Å². The van der Waals surface area contributed by atoms with Gasteiger partial charge in [0.15, 0.2) is 0 Å². The summed E-state index contributed by atoms with van der Waals surface area (Å²) in [7, 11) is 0. The van der Waals surface area contributed by atoms with Gasteiger partial charge in [-0.15, -0.1) is 0 Å². The maximum absolute atomic E-state index is 12.6. The fourth-order valence-electron chi connectivity index (χ4n) is 3.25. The highest BCUT2D eigenvalue weighted by Crippen LogP contribution is 2.17. The van der Waals surface area contributed by atoms with Gasteiger partial charge in [0, 0.05) is 30.7 Å². The topological polar surface area (TPSA) is 67.4 Å². The number of rotatable bonds is 5. The van der Waals surface area contributed by atoms with E-state index < -0.39 is 0 Å². The van der Waals surface area contributed by atoms with E-state index in [0.717, 1.165) is 50.3 Å². The Bertz CT molecular complexity index is 916. The molecule has 6 heteroatoms. The third kappa shape index (κ3) is 4.30. The zero-order valence-electron chi connectivity index (χ0n) is 15.1. The highest BCUT2D eigenvalue weighted by Gasteiger charge is 2.12. The lowest BCUT2D eigenvalue weighted by Gasteiger charge is -2.26. The Labute approximate surface area is 158 Å². The average molecular weight is 362 g/mol. The monoisotopic (exact) mass is 362 g/mol. The predicted octanol–water partition coefficient (Wildman–Crippen LogP) is 2.76. The molecule has 1 amide bonds. The largest absolute Gasteiger partial charge is 0.379 e. The zero-order chi connectivity index (χ0) is 18.5. The molecule has 27 heavy (non-hydrogen) atoms. The van der Waals surface area contributed by atoms with Gasteiger partial charge in [0.1, 0.15) is 0 Å². The number of nitrogens with one attached hydrogen (secondary N) is 1. The van der Waals surface area contributed by atoms with Crippen LogP contribution in [0.5, 0.6) is 0 Å². The van der Waals surface area contributed by atoms with Gasteiger partial charge in [-0.25, -0.2) is 0 Å². The van der Waals surface area contributed by atoms with E-state index in [-0.39, 0.29) is 5.91 Å². The van der Waals surface area contributed by atoms with Crippen LogP contribution in [0.1, 0.15) is 15.9 Å². The van der Waals surface area contributed by atoms with Crippen molar-refractivity contribution in [3.63, 3.8) is 0 Å². The highest BCUT2D eigenvalue weighted by atomic mass is 16.5. The molecule has 0 spiro atoms. The van der Waals surface area contributed by atoms with E-state index >= 15 is 0 Å². The van der Waals surface area contributed by atoms with Crippen LogP contribution in [0.3, 0.4) is 0 Å². The molecule has 2 aromatic carbocycles. The number of anilines is 1. The normalized spacial score (nSPS) is 15.0. The Balaban J connectivity index is 1.39. The van der Waals surface area contributed by atoms with Gasteiger partial charge in [0.05, 0.1) is 30.5 Å². The minimum absolute atomic E-state index is 0.179. The molecule has 0 radical (unpaired) electrons. The van der Waals surface area contributed by atoms with Gasteiger partial charge >= 0.3 is 0 Å². The average Bonchev–Trinajstić information content (AvgIpc) is 2.73. The van der Waals surface area contributed by atoms with Gasteiger partial charge in [0.2, 0.25) is 0 Å². The first-order valence-electron chi connectivity index (χ1n) is 9.20. The zero-order valence-corrected chi connectivity index (χ0v) is 15.1. The molecule has 1 aromatic heterocycles. The molecule has 2 heterocycles. The molecule has 1 N–H and O–H groups in total. The van der Waals surface area contributed by atoms with Crippen molar-refractivity contribution >= 4 is 22.5 Å². The quantitative estimate of drug-likeness (QED) is 0.756. The molecule has 1 aliphatic rings. The summed E-state index contributed by atoms with van der Waals surface area (Å²) in [6.45, 7) is 4.68. The molecule has 0 atom stereocenters. The number of morpholine rings is 1. The first-order valence-corrected chi connectivity index (χ1v) is 9.20. The summed E-state index contributed by atoms with van der Waals surface area (Å²) in [6.07, 6.45) is 2.50. The lowest BCUT2D eigenvalue weighted by molar-refractivity contribution is 0.0384. The predicted molar refractivity (Wildman–Crippen MR) is 105 cm³/mol. The molecule has 1 saturated heterocycles. The fourth-order valence-corrected chi connectivity index (χ4v) is 3.25. The third-order valence-electron chi connectivity index (χ3n) is 4.82. The van der Waals surface area contributed by atoms with Gasteiger partial charge in [-0.3, -0.25) is 9.69 Å². The van der Waals surface area contributed by atoms with E-state index in [1.54, 1.807) is 0 Å². The molecule has 6 nitrogen and oxygen atoms in total. The second kappa shape index (κ2) is 8.24. The van der Waals surface area contributed by atoms with Crippen molar-refractivity contribution < 1.29 is 9.53 Å². The Kier molecular flexibility index (Phi) is 5.37. The van der Waals surface area contributed by atoms with Crippen molar-refractivity contribution in [2.45, 2.75) is 6.42 Å². The van der Waals surface area contributed by atoms with Crippen LogP contribution in [0.15, 0.2) is 54.7 Å². The molecule has 0 saturated carbocycles. The number of carbonyl (C=O) groups is 1. The lowest BCUT2D eigenvalue weighted by Crippen LogP contribution is -2.37. The first kappa shape index (κ1) is 17.6. The van der Waals surface area contributed by atoms with Crippen LogP contribution in [-0.4, -0.2) is 53.9 Å². The lowest BCUT2D eigenvalue weighted by atomic mass is 10.1. The maximum atomic E-state index is 12.6. The number of hydrogen-bond donors (Lipinski definition) is 1. The highest BCUT2D eigenvalue weighted by molar-refractivity contribution is 6.11. The number of amides is 1. The summed E-state index contributed by atoms with van der Waals surface area (Å²) < 4.78 is 5.38. The number of nitrogens with zero attached hydrogens (tertiary/aromatic N) is 3. The number of benzene rings is 2. The molecule has 138 valence electrons. The Morgan fingerprint density at radius 3 is 2.67 bits per heavy atom. The second-order valence-electron chi connectivity index (χ2n) is 6.63. The van der Waals surface area contributed by atoms with E-state index in [0.29, 0.717) is 11.1 Å². The number of aromatic nitrogens is 2. The van der Waals surface area contributed by atoms with Crippen LogP contribution < -0.4 is 5.32 Å². The molecular weight excluding hydrogens is 340 g/mol. The first-order chi connectivity index (χ1) is 13.3. The molecule has 1 fully saturated rings. The van der Waals surface area contributed by atoms with E-state index in [1.165, 1.54) is 11.8 Å². The smallest absolute Gasteiger partial charge is 0.257 e. The van der Waals surface area contributed by atoms with E-state index in [4.69, 9.17) is 4.74 Å². The Morgan fingerprint density at radius 2 is 1.85 bits per heavy atom. The summed E-state index contributed by atoms with van der Waals surface area (Å²) in [6, 6.07) is 15.5. The molecule has 4 rings (SSSR count). The van der Waals surface area contributed by atoms with E-state index in [1.807, 2.05) is 36.4 Å². The van der Waals surface area contributed by atoms with Crippen molar-refractivity contribution in [1.29, 1.82) is 0 Å². The van der Waals surface area contributed by atoms with Gasteiger partial charge in [0.25, 0.3) is 5.91 Å². The van der Waals surface area contributed by atoms with Crippen molar-refractivity contribution in [2.24, 2.45) is 0 Å². The summed E-state index contributed by atoms with van der Waals surface area (Å²) >= 11 is 0. The second-order valence-corrected chi connectivity index (χ2v) is 6.63. The van der Waals surface area contributed by atoms with Crippen molar-refractivity contribution in [3.05, 3.63) is 65.9 Å². The van der Waals surface area contributed by atoms with Crippen LogP contribution in [0.25, 0.3) is 10.9 Å². The summed E-state index contributed by atoms with van der Waals surface area (Å²) in [5.74, 6) is -0.179. The van der Waals surface area contributed by atoms with Gasteiger partial charge < -0.3 is 10.1 Å².